The second-order valence-corrected chi connectivity index (χ2v) is 7.59. The number of methoxy groups -OCH3 is 1. The summed E-state index contributed by atoms with van der Waals surface area (Å²) in [4.78, 5) is 13.0. The van der Waals surface area contributed by atoms with Crippen LogP contribution in [0.25, 0.3) is 0 Å². The third-order valence-corrected chi connectivity index (χ3v) is 5.38. The summed E-state index contributed by atoms with van der Waals surface area (Å²) < 4.78 is 16.7. The summed E-state index contributed by atoms with van der Waals surface area (Å²) in [6.45, 7) is 2.14. The number of nitrogens with two attached hydrogens (primary N) is 1. The predicted octanol–water partition coefficient (Wildman–Crippen LogP) is 5.47. The van der Waals surface area contributed by atoms with Crippen molar-refractivity contribution in [2.24, 2.45) is 0 Å². The molecule has 2 N–H and O–H groups in total. The van der Waals surface area contributed by atoms with Crippen LogP contribution in [0.5, 0.6) is 17.2 Å². The minimum Gasteiger partial charge on any atom is -0.493 e. The van der Waals surface area contributed by atoms with Gasteiger partial charge < -0.3 is 19.9 Å². The van der Waals surface area contributed by atoms with E-state index < -0.39 is 0 Å². The highest BCUT2D eigenvalue weighted by Crippen LogP contribution is 2.37. The van der Waals surface area contributed by atoms with Crippen molar-refractivity contribution in [3.8, 4) is 17.2 Å². The molecular formula is C24H25NO4S. The van der Waals surface area contributed by atoms with Crippen molar-refractivity contribution in [2.75, 3.05) is 19.5 Å². The average Bonchev–Trinajstić information content (AvgIpc) is 2.75. The molecule has 0 saturated heterocycles. The quantitative estimate of drug-likeness (QED) is 0.280. The second-order valence-electron chi connectivity index (χ2n) is 6.54. The van der Waals surface area contributed by atoms with E-state index in [0.29, 0.717) is 35.3 Å². The number of anilines is 1. The van der Waals surface area contributed by atoms with E-state index in [-0.39, 0.29) is 12.4 Å². The Morgan fingerprint density at radius 1 is 0.967 bits per heavy atom. The van der Waals surface area contributed by atoms with Crippen LogP contribution in [0.4, 0.5) is 5.69 Å². The molecule has 0 spiro atoms. The molecule has 0 atom stereocenters. The molecule has 0 unspecified atom stereocenters. The van der Waals surface area contributed by atoms with Gasteiger partial charge in [0.05, 0.1) is 20.1 Å². The molecule has 0 aliphatic carbocycles. The normalized spacial score (nSPS) is 10.5. The number of nitrogen functional groups attached to an aromatic ring is 1. The SMILES string of the molecule is CCOC(=O)Cc1ccc(OC)c(Oc2ccc(N)cc2CSc2ccccc2)c1. The van der Waals surface area contributed by atoms with Crippen molar-refractivity contribution in [3.63, 3.8) is 0 Å². The number of hydrogen-bond acceptors (Lipinski definition) is 6. The monoisotopic (exact) mass is 423 g/mol. The van der Waals surface area contributed by atoms with Gasteiger partial charge in [0.25, 0.3) is 0 Å². The zero-order valence-corrected chi connectivity index (χ0v) is 17.9. The highest BCUT2D eigenvalue weighted by molar-refractivity contribution is 7.98. The molecule has 0 aliphatic heterocycles. The van der Waals surface area contributed by atoms with Gasteiger partial charge in [-0.25, -0.2) is 0 Å². The molecule has 0 fully saturated rings. The third-order valence-electron chi connectivity index (χ3n) is 4.32. The smallest absolute Gasteiger partial charge is 0.310 e. The maximum atomic E-state index is 11.8. The number of rotatable bonds is 9. The molecule has 6 heteroatoms. The van der Waals surface area contributed by atoms with E-state index in [1.807, 2.05) is 36.4 Å². The second kappa shape index (κ2) is 10.6. The molecule has 0 aromatic heterocycles. The van der Waals surface area contributed by atoms with E-state index in [1.54, 1.807) is 44.0 Å². The molecule has 156 valence electrons. The molecule has 0 amide bonds. The Morgan fingerprint density at radius 3 is 2.47 bits per heavy atom. The van der Waals surface area contributed by atoms with Crippen LogP contribution in [0.15, 0.2) is 71.6 Å². The topological polar surface area (TPSA) is 70.8 Å². The summed E-state index contributed by atoms with van der Waals surface area (Å²) in [7, 11) is 1.59. The summed E-state index contributed by atoms with van der Waals surface area (Å²) >= 11 is 1.71. The lowest BCUT2D eigenvalue weighted by atomic mass is 10.1. The van der Waals surface area contributed by atoms with Crippen molar-refractivity contribution in [1.29, 1.82) is 0 Å². The summed E-state index contributed by atoms with van der Waals surface area (Å²) in [6, 6.07) is 21.2. The molecule has 0 heterocycles. The van der Waals surface area contributed by atoms with Crippen LogP contribution in [-0.4, -0.2) is 19.7 Å². The molecular weight excluding hydrogens is 398 g/mol. The first-order chi connectivity index (χ1) is 14.6. The van der Waals surface area contributed by atoms with Gasteiger partial charge in [0, 0.05) is 21.9 Å². The summed E-state index contributed by atoms with van der Waals surface area (Å²) in [5, 5.41) is 0. The Morgan fingerprint density at radius 2 is 1.73 bits per heavy atom. The molecule has 30 heavy (non-hydrogen) atoms. The number of ether oxygens (including phenoxy) is 3. The molecule has 3 aromatic carbocycles. The molecule has 3 aromatic rings. The van der Waals surface area contributed by atoms with Gasteiger partial charge in [-0.1, -0.05) is 24.3 Å². The first kappa shape index (κ1) is 21.6. The van der Waals surface area contributed by atoms with Crippen molar-refractivity contribution >= 4 is 23.4 Å². The molecule has 5 nitrogen and oxygen atoms in total. The van der Waals surface area contributed by atoms with Gasteiger partial charge in [-0.2, -0.15) is 0 Å². The van der Waals surface area contributed by atoms with Crippen molar-refractivity contribution in [1.82, 2.24) is 0 Å². The van der Waals surface area contributed by atoms with Crippen molar-refractivity contribution in [3.05, 3.63) is 77.9 Å². The van der Waals surface area contributed by atoms with Crippen LogP contribution in [-0.2, 0) is 21.7 Å². The minimum absolute atomic E-state index is 0.173. The van der Waals surface area contributed by atoms with Gasteiger partial charge in [0.2, 0.25) is 0 Å². The average molecular weight is 424 g/mol. The van der Waals surface area contributed by atoms with Gasteiger partial charge in [-0.05, 0) is 55.0 Å². The van der Waals surface area contributed by atoms with Crippen LogP contribution in [0, 0.1) is 0 Å². The molecule has 0 saturated carbocycles. The fourth-order valence-corrected chi connectivity index (χ4v) is 3.79. The molecule has 0 radical (unpaired) electrons. The summed E-state index contributed by atoms with van der Waals surface area (Å²) in [5.74, 6) is 2.24. The largest absolute Gasteiger partial charge is 0.493 e. The van der Waals surface area contributed by atoms with E-state index in [9.17, 15) is 4.79 Å². The van der Waals surface area contributed by atoms with Crippen molar-refractivity contribution in [2.45, 2.75) is 24.0 Å². The van der Waals surface area contributed by atoms with Crippen LogP contribution in [0.3, 0.4) is 0 Å². The number of carbonyl (C=O) groups excluding carboxylic acids is 1. The zero-order chi connectivity index (χ0) is 21.3. The van der Waals surface area contributed by atoms with Gasteiger partial charge in [-0.15, -0.1) is 11.8 Å². The maximum Gasteiger partial charge on any atom is 0.310 e. The van der Waals surface area contributed by atoms with Crippen molar-refractivity contribution < 1.29 is 19.0 Å². The van der Waals surface area contributed by atoms with Crippen LogP contribution < -0.4 is 15.2 Å². The van der Waals surface area contributed by atoms with E-state index in [2.05, 4.69) is 12.1 Å². The van der Waals surface area contributed by atoms with E-state index in [1.165, 1.54) is 4.90 Å². The van der Waals surface area contributed by atoms with Gasteiger partial charge >= 0.3 is 5.97 Å². The van der Waals surface area contributed by atoms with Gasteiger partial charge in [-0.3, -0.25) is 4.79 Å². The molecule has 3 rings (SSSR count). The standard InChI is InChI=1S/C24H25NO4S/c1-3-28-24(26)14-17-9-11-22(27-2)23(13-17)29-21-12-10-19(25)15-18(21)16-30-20-7-5-4-6-8-20/h4-13,15H,3,14,16,25H2,1-2H3. The number of esters is 1. The molecule has 0 aliphatic rings. The Kier molecular flexibility index (Phi) is 7.63. The Hall–Kier alpha value is -3.12. The first-order valence-electron chi connectivity index (χ1n) is 9.65. The zero-order valence-electron chi connectivity index (χ0n) is 17.1. The predicted molar refractivity (Wildman–Crippen MR) is 120 cm³/mol. The van der Waals surface area contributed by atoms with E-state index >= 15 is 0 Å². The van der Waals surface area contributed by atoms with Crippen LogP contribution >= 0.6 is 11.8 Å². The van der Waals surface area contributed by atoms with Crippen LogP contribution in [0.1, 0.15) is 18.1 Å². The number of benzene rings is 3. The van der Waals surface area contributed by atoms with Crippen LogP contribution in [0.2, 0.25) is 0 Å². The number of thioether (sulfide) groups is 1. The van der Waals surface area contributed by atoms with E-state index in [4.69, 9.17) is 19.9 Å². The lowest BCUT2D eigenvalue weighted by molar-refractivity contribution is -0.142. The fourth-order valence-electron chi connectivity index (χ4n) is 2.90. The minimum atomic E-state index is -0.277. The lowest BCUT2D eigenvalue weighted by Gasteiger charge is -2.15. The third kappa shape index (κ3) is 5.94. The number of carbonyl (C=O) groups is 1. The maximum absolute atomic E-state index is 11.8. The Labute approximate surface area is 181 Å². The summed E-state index contributed by atoms with van der Waals surface area (Å²) in [5.41, 5.74) is 8.45. The van der Waals surface area contributed by atoms with Gasteiger partial charge in [0.15, 0.2) is 11.5 Å². The molecule has 0 bridgehead atoms. The summed E-state index contributed by atoms with van der Waals surface area (Å²) in [6.07, 6.45) is 0.173. The first-order valence-corrected chi connectivity index (χ1v) is 10.6. The Balaban J connectivity index is 1.83. The highest BCUT2D eigenvalue weighted by Gasteiger charge is 2.13. The highest BCUT2D eigenvalue weighted by atomic mass is 32.2. The van der Waals surface area contributed by atoms with Gasteiger partial charge in [0.1, 0.15) is 5.75 Å². The fraction of sp³-hybridized carbons (Fsp3) is 0.208. The van der Waals surface area contributed by atoms with E-state index in [0.717, 1.165) is 11.1 Å². The lowest BCUT2D eigenvalue weighted by Crippen LogP contribution is -2.07. The Bertz CT molecular complexity index is 992. The number of hydrogen-bond donors (Lipinski definition) is 1.